The number of hydrogen-bond donors (Lipinski definition) is 2. The molecule has 0 fully saturated rings. The molecular formula is C18H36N2O5. The van der Waals surface area contributed by atoms with Gasteiger partial charge in [0.25, 0.3) is 0 Å². The number of unbranched alkanes of at least 4 members (excludes halogenated alkanes) is 1. The Morgan fingerprint density at radius 3 is 2.08 bits per heavy atom. The van der Waals surface area contributed by atoms with Crippen LogP contribution in [0.3, 0.4) is 0 Å². The zero-order valence-corrected chi connectivity index (χ0v) is 16.8. The van der Waals surface area contributed by atoms with E-state index in [1.807, 2.05) is 27.7 Å². The number of rotatable bonds is 8. The summed E-state index contributed by atoms with van der Waals surface area (Å²) in [5.74, 6) is 0.0363. The molecule has 0 saturated carbocycles. The first-order valence-corrected chi connectivity index (χ1v) is 8.89. The number of ether oxygens (including phenoxy) is 2. The first-order chi connectivity index (χ1) is 11.3. The highest BCUT2D eigenvalue weighted by Crippen LogP contribution is 2.12. The minimum absolute atomic E-state index is 0.0363. The Hall–Kier alpha value is -1.50. The SMILES string of the molecule is CC(CNC(=O)OC(C)(C)C)CN(CCCCO)C(=O)OC(C)(C)C. The standard InChI is InChI=1S/C18H36N2O5/c1-14(12-19-15(22)24-17(2,3)4)13-20(10-8-9-11-21)16(23)25-18(5,6)7/h14,21H,8-13H2,1-7H3,(H,19,22). The van der Waals surface area contributed by atoms with Crippen LogP contribution >= 0.6 is 0 Å². The number of nitrogens with zero attached hydrogens (tertiary/aromatic N) is 1. The molecule has 0 aliphatic heterocycles. The lowest BCUT2D eigenvalue weighted by atomic mass is 10.1. The van der Waals surface area contributed by atoms with Gasteiger partial charge in [0.05, 0.1) is 0 Å². The van der Waals surface area contributed by atoms with Gasteiger partial charge < -0.3 is 24.8 Å². The van der Waals surface area contributed by atoms with Gasteiger partial charge in [-0.05, 0) is 60.3 Å². The lowest BCUT2D eigenvalue weighted by Gasteiger charge is -2.29. The summed E-state index contributed by atoms with van der Waals surface area (Å²) < 4.78 is 10.6. The summed E-state index contributed by atoms with van der Waals surface area (Å²) in [6.07, 6.45) is 0.476. The van der Waals surface area contributed by atoms with Crippen LogP contribution in [0.15, 0.2) is 0 Å². The van der Waals surface area contributed by atoms with Crippen LogP contribution in [0.5, 0.6) is 0 Å². The largest absolute Gasteiger partial charge is 0.444 e. The first kappa shape index (κ1) is 23.5. The Labute approximate surface area is 152 Å². The van der Waals surface area contributed by atoms with Crippen molar-refractivity contribution in [1.82, 2.24) is 10.2 Å². The molecule has 0 aromatic rings. The van der Waals surface area contributed by atoms with E-state index >= 15 is 0 Å². The third-order valence-electron chi connectivity index (χ3n) is 3.01. The van der Waals surface area contributed by atoms with E-state index in [9.17, 15) is 9.59 Å². The fourth-order valence-corrected chi connectivity index (χ4v) is 2.01. The molecule has 2 amide bonds. The van der Waals surface area contributed by atoms with Crippen molar-refractivity contribution in [3.63, 3.8) is 0 Å². The van der Waals surface area contributed by atoms with Crippen LogP contribution in [-0.4, -0.2) is 59.6 Å². The second-order valence-corrected chi connectivity index (χ2v) is 8.35. The van der Waals surface area contributed by atoms with E-state index in [1.54, 1.807) is 25.7 Å². The predicted octanol–water partition coefficient (Wildman–Crippen LogP) is 3.16. The van der Waals surface area contributed by atoms with Crippen LogP contribution in [0.2, 0.25) is 0 Å². The molecule has 0 spiro atoms. The highest BCUT2D eigenvalue weighted by atomic mass is 16.6. The summed E-state index contributed by atoms with van der Waals surface area (Å²) in [5, 5.41) is 11.6. The molecule has 0 radical (unpaired) electrons. The smallest absolute Gasteiger partial charge is 0.410 e. The third kappa shape index (κ3) is 13.5. The van der Waals surface area contributed by atoms with Crippen molar-refractivity contribution in [3.05, 3.63) is 0 Å². The molecule has 0 aromatic carbocycles. The quantitative estimate of drug-likeness (QED) is 0.649. The summed E-state index contributed by atoms with van der Waals surface area (Å²) in [4.78, 5) is 25.7. The highest BCUT2D eigenvalue weighted by molar-refractivity contribution is 5.68. The number of hydrogen-bond acceptors (Lipinski definition) is 5. The van der Waals surface area contributed by atoms with Gasteiger partial charge in [0, 0.05) is 26.2 Å². The van der Waals surface area contributed by atoms with Crippen LogP contribution in [0.25, 0.3) is 0 Å². The van der Waals surface area contributed by atoms with Gasteiger partial charge in [0.15, 0.2) is 0 Å². The normalized spacial score (nSPS) is 13.1. The Bertz CT molecular complexity index is 413. The van der Waals surface area contributed by atoms with E-state index in [-0.39, 0.29) is 18.6 Å². The van der Waals surface area contributed by atoms with E-state index in [2.05, 4.69) is 5.32 Å². The zero-order chi connectivity index (χ0) is 19.7. The summed E-state index contributed by atoms with van der Waals surface area (Å²) in [5.41, 5.74) is -1.11. The average Bonchev–Trinajstić information content (AvgIpc) is 2.40. The van der Waals surface area contributed by atoms with Crippen molar-refractivity contribution in [2.45, 2.75) is 72.5 Å². The van der Waals surface area contributed by atoms with Gasteiger partial charge in [0.2, 0.25) is 0 Å². The molecule has 0 bridgehead atoms. The summed E-state index contributed by atoms with van der Waals surface area (Å²) in [6.45, 7) is 14.3. The number of carbonyl (C=O) groups is 2. The zero-order valence-electron chi connectivity index (χ0n) is 16.8. The lowest BCUT2D eigenvalue weighted by Crippen LogP contribution is -2.42. The molecule has 1 unspecified atom stereocenters. The Morgan fingerprint density at radius 2 is 1.60 bits per heavy atom. The number of aliphatic hydroxyl groups is 1. The van der Waals surface area contributed by atoms with Gasteiger partial charge in [-0.1, -0.05) is 6.92 Å². The van der Waals surface area contributed by atoms with Crippen molar-refractivity contribution in [1.29, 1.82) is 0 Å². The van der Waals surface area contributed by atoms with E-state index in [1.165, 1.54) is 0 Å². The molecular weight excluding hydrogens is 324 g/mol. The topological polar surface area (TPSA) is 88.1 Å². The van der Waals surface area contributed by atoms with Gasteiger partial charge >= 0.3 is 12.2 Å². The van der Waals surface area contributed by atoms with Gasteiger partial charge in [-0.2, -0.15) is 0 Å². The number of amides is 2. The molecule has 7 heteroatoms. The molecule has 1 atom stereocenters. The van der Waals surface area contributed by atoms with E-state index in [0.29, 0.717) is 32.5 Å². The fourth-order valence-electron chi connectivity index (χ4n) is 2.01. The van der Waals surface area contributed by atoms with E-state index in [0.717, 1.165) is 0 Å². The van der Waals surface area contributed by atoms with E-state index in [4.69, 9.17) is 14.6 Å². The van der Waals surface area contributed by atoms with Crippen LogP contribution in [-0.2, 0) is 9.47 Å². The van der Waals surface area contributed by atoms with Crippen molar-refractivity contribution < 1.29 is 24.2 Å². The minimum Gasteiger partial charge on any atom is -0.444 e. The second kappa shape index (κ2) is 10.5. The average molecular weight is 360 g/mol. The predicted molar refractivity (Wildman–Crippen MR) is 97.5 cm³/mol. The van der Waals surface area contributed by atoms with Crippen LogP contribution in [0.4, 0.5) is 9.59 Å². The third-order valence-corrected chi connectivity index (χ3v) is 3.01. The molecule has 0 rings (SSSR count). The maximum Gasteiger partial charge on any atom is 0.410 e. The summed E-state index contributed by atoms with van der Waals surface area (Å²) >= 11 is 0. The number of alkyl carbamates (subject to hydrolysis) is 1. The number of nitrogens with one attached hydrogen (secondary N) is 1. The first-order valence-electron chi connectivity index (χ1n) is 8.89. The maximum atomic E-state index is 12.3. The Kier molecular flexibility index (Phi) is 9.85. The molecule has 2 N–H and O–H groups in total. The number of carbonyl (C=O) groups excluding carboxylic acids is 2. The molecule has 0 aromatic heterocycles. The van der Waals surface area contributed by atoms with Crippen molar-refractivity contribution in [3.8, 4) is 0 Å². The molecule has 7 nitrogen and oxygen atoms in total. The molecule has 0 heterocycles. The van der Waals surface area contributed by atoms with Gasteiger partial charge in [-0.25, -0.2) is 9.59 Å². The fraction of sp³-hybridized carbons (Fsp3) is 0.889. The maximum absolute atomic E-state index is 12.3. The van der Waals surface area contributed by atoms with Crippen LogP contribution in [0.1, 0.15) is 61.3 Å². The Balaban J connectivity index is 4.55. The summed E-state index contributed by atoms with van der Waals surface area (Å²) in [7, 11) is 0. The van der Waals surface area contributed by atoms with Gasteiger partial charge in [0.1, 0.15) is 11.2 Å². The molecule has 0 saturated heterocycles. The molecule has 0 aliphatic rings. The van der Waals surface area contributed by atoms with E-state index < -0.39 is 17.3 Å². The second-order valence-electron chi connectivity index (χ2n) is 8.35. The van der Waals surface area contributed by atoms with Crippen LogP contribution in [0, 0.1) is 5.92 Å². The van der Waals surface area contributed by atoms with Crippen LogP contribution < -0.4 is 5.32 Å². The molecule has 148 valence electrons. The highest BCUT2D eigenvalue weighted by Gasteiger charge is 2.24. The monoisotopic (exact) mass is 360 g/mol. The van der Waals surface area contributed by atoms with Crippen molar-refractivity contribution >= 4 is 12.2 Å². The summed E-state index contributed by atoms with van der Waals surface area (Å²) in [6, 6.07) is 0. The van der Waals surface area contributed by atoms with Crippen molar-refractivity contribution in [2.24, 2.45) is 5.92 Å². The molecule has 0 aliphatic carbocycles. The van der Waals surface area contributed by atoms with Gasteiger partial charge in [-0.3, -0.25) is 0 Å². The minimum atomic E-state index is -0.565. The van der Waals surface area contributed by atoms with Crippen molar-refractivity contribution in [2.75, 3.05) is 26.2 Å². The van der Waals surface area contributed by atoms with Gasteiger partial charge in [-0.15, -0.1) is 0 Å². The lowest BCUT2D eigenvalue weighted by molar-refractivity contribution is 0.0217. The molecule has 25 heavy (non-hydrogen) atoms. The Morgan fingerprint density at radius 1 is 1.04 bits per heavy atom. The number of aliphatic hydroxyl groups excluding tert-OH is 1.